The molecule has 0 bridgehead atoms. The first-order chi connectivity index (χ1) is 10.3. The molecule has 1 atom stereocenters. The van der Waals surface area contributed by atoms with Crippen LogP contribution in [0.4, 0.5) is 13.2 Å². The Balaban J connectivity index is 1.94. The molecule has 1 aliphatic carbocycles. The van der Waals surface area contributed by atoms with Crippen LogP contribution in [-0.4, -0.2) is 36.1 Å². The lowest BCUT2D eigenvalue weighted by molar-refractivity contribution is -0.139. The van der Waals surface area contributed by atoms with E-state index in [9.17, 15) is 18.0 Å². The first-order valence-electron chi connectivity index (χ1n) is 7.46. The van der Waals surface area contributed by atoms with Crippen LogP contribution in [0.5, 0.6) is 0 Å². The molecule has 0 aliphatic heterocycles. The number of amides is 1. The predicted octanol–water partition coefficient (Wildman–Crippen LogP) is 2.97. The minimum absolute atomic E-state index is 0.0113. The SMILES string of the molecule is CC(C1CC1)N(CC(=O)NCC(F)(F)F)Cc1ccccc1. The van der Waals surface area contributed by atoms with Gasteiger partial charge in [-0.25, -0.2) is 0 Å². The molecule has 0 saturated heterocycles. The number of hydrogen-bond donors (Lipinski definition) is 1. The Hall–Kier alpha value is -1.56. The van der Waals surface area contributed by atoms with Gasteiger partial charge in [0.1, 0.15) is 6.54 Å². The van der Waals surface area contributed by atoms with E-state index >= 15 is 0 Å². The molecule has 1 aliphatic rings. The van der Waals surface area contributed by atoms with E-state index in [2.05, 4.69) is 0 Å². The molecule has 3 nitrogen and oxygen atoms in total. The Morgan fingerprint density at radius 2 is 1.95 bits per heavy atom. The third-order valence-corrected chi connectivity index (χ3v) is 3.94. The van der Waals surface area contributed by atoms with Crippen LogP contribution in [0, 0.1) is 5.92 Å². The average molecular weight is 314 g/mol. The topological polar surface area (TPSA) is 32.3 Å². The number of rotatable bonds is 7. The first-order valence-corrected chi connectivity index (χ1v) is 7.46. The zero-order valence-electron chi connectivity index (χ0n) is 12.6. The summed E-state index contributed by atoms with van der Waals surface area (Å²) in [6, 6.07) is 9.85. The summed E-state index contributed by atoms with van der Waals surface area (Å²) in [5, 5.41) is 1.95. The van der Waals surface area contributed by atoms with E-state index in [1.807, 2.05) is 47.5 Å². The smallest absolute Gasteiger partial charge is 0.346 e. The zero-order valence-corrected chi connectivity index (χ0v) is 12.6. The van der Waals surface area contributed by atoms with Gasteiger partial charge in [0.25, 0.3) is 0 Å². The summed E-state index contributed by atoms with van der Waals surface area (Å²) in [7, 11) is 0. The molecule has 0 aromatic heterocycles. The van der Waals surface area contributed by atoms with Gasteiger partial charge in [0.15, 0.2) is 0 Å². The van der Waals surface area contributed by atoms with E-state index in [1.54, 1.807) is 0 Å². The summed E-state index contributed by atoms with van der Waals surface area (Å²) in [5.41, 5.74) is 1.05. The highest BCUT2D eigenvalue weighted by Crippen LogP contribution is 2.35. The number of carbonyl (C=O) groups excluding carboxylic acids is 1. The molecule has 1 saturated carbocycles. The Bertz CT molecular complexity index is 486. The van der Waals surface area contributed by atoms with Crippen LogP contribution >= 0.6 is 0 Å². The van der Waals surface area contributed by atoms with Crippen molar-refractivity contribution in [1.29, 1.82) is 0 Å². The Labute approximate surface area is 128 Å². The maximum absolute atomic E-state index is 12.2. The lowest BCUT2D eigenvalue weighted by Crippen LogP contribution is -2.44. The van der Waals surface area contributed by atoms with Crippen molar-refractivity contribution in [2.24, 2.45) is 5.92 Å². The number of nitrogens with zero attached hydrogens (tertiary/aromatic N) is 1. The van der Waals surface area contributed by atoms with Gasteiger partial charge in [-0.2, -0.15) is 13.2 Å². The molecule has 1 amide bonds. The quantitative estimate of drug-likeness (QED) is 0.839. The first kappa shape index (κ1) is 16.8. The molecule has 0 spiro atoms. The Kier molecular flexibility index (Phi) is 5.45. The molecular formula is C16H21F3N2O. The van der Waals surface area contributed by atoms with E-state index in [4.69, 9.17) is 0 Å². The Morgan fingerprint density at radius 1 is 1.32 bits per heavy atom. The fourth-order valence-corrected chi connectivity index (χ4v) is 2.48. The van der Waals surface area contributed by atoms with Crippen LogP contribution in [0.15, 0.2) is 30.3 Å². The molecule has 1 fully saturated rings. The van der Waals surface area contributed by atoms with Crippen LogP contribution in [0.3, 0.4) is 0 Å². The van der Waals surface area contributed by atoms with Gasteiger partial charge in [-0.15, -0.1) is 0 Å². The van der Waals surface area contributed by atoms with E-state index < -0.39 is 18.6 Å². The standard InChI is InChI=1S/C16H21F3N2O/c1-12(14-7-8-14)21(9-13-5-3-2-4-6-13)10-15(22)20-11-16(17,18)19/h2-6,12,14H,7-11H2,1H3,(H,20,22). The molecule has 1 aromatic rings. The summed E-state index contributed by atoms with van der Waals surface area (Å²) in [6.45, 7) is 1.32. The highest BCUT2D eigenvalue weighted by Gasteiger charge is 2.33. The van der Waals surface area contributed by atoms with Crippen molar-refractivity contribution < 1.29 is 18.0 Å². The highest BCUT2D eigenvalue weighted by molar-refractivity contribution is 5.78. The summed E-state index contributed by atoms with van der Waals surface area (Å²) >= 11 is 0. The molecule has 0 radical (unpaired) electrons. The van der Waals surface area contributed by atoms with Crippen LogP contribution in [0.2, 0.25) is 0 Å². The van der Waals surface area contributed by atoms with Gasteiger partial charge in [-0.05, 0) is 31.2 Å². The summed E-state index contributed by atoms with van der Waals surface area (Å²) in [5.74, 6) is -0.0418. The molecular weight excluding hydrogens is 293 g/mol. The van der Waals surface area contributed by atoms with Gasteiger partial charge in [0, 0.05) is 12.6 Å². The summed E-state index contributed by atoms with van der Waals surface area (Å²) in [4.78, 5) is 13.7. The van der Waals surface area contributed by atoms with E-state index in [-0.39, 0.29) is 12.6 Å². The molecule has 2 rings (SSSR count). The molecule has 1 unspecified atom stereocenters. The summed E-state index contributed by atoms with van der Waals surface area (Å²) < 4.78 is 36.5. The number of carbonyl (C=O) groups is 1. The van der Waals surface area contributed by atoms with Crippen LogP contribution in [0.25, 0.3) is 0 Å². The van der Waals surface area contributed by atoms with E-state index in [0.29, 0.717) is 12.5 Å². The van der Waals surface area contributed by atoms with Gasteiger partial charge in [-0.1, -0.05) is 30.3 Å². The number of hydrogen-bond acceptors (Lipinski definition) is 2. The van der Waals surface area contributed by atoms with Crippen molar-refractivity contribution in [3.8, 4) is 0 Å². The minimum atomic E-state index is -4.37. The number of benzene rings is 1. The average Bonchev–Trinajstić information content (AvgIpc) is 3.29. The molecule has 0 heterocycles. The van der Waals surface area contributed by atoms with Crippen LogP contribution < -0.4 is 5.32 Å². The number of nitrogens with one attached hydrogen (secondary N) is 1. The van der Waals surface area contributed by atoms with Crippen molar-refractivity contribution in [2.75, 3.05) is 13.1 Å². The van der Waals surface area contributed by atoms with Crippen molar-refractivity contribution in [3.63, 3.8) is 0 Å². The maximum atomic E-state index is 12.2. The molecule has 6 heteroatoms. The normalized spacial score (nSPS) is 16.6. The van der Waals surface area contributed by atoms with Crippen LogP contribution in [-0.2, 0) is 11.3 Å². The number of halogens is 3. The number of alkyl halides is 3. The minimum Gasteiger partial charge on any atom is -0.346 e. The second-order valence-corrected chi connectivity index (χ2v) is 5.86. The lowest BCUT2D eigenvalue weighted by Gasteiger charge is -2.28. The third-order valence-electron chi connectivity index (χ3n) is 3.94. The largest absolute Gasteiger partial charge is 0.405 e. The van der Waals surface area contributed by atoms with E-state index in [0.717, 1.165) is 18.4 Å². The second-order valence-electron chi connectivity index (χ2n) is 5.86. The van der Waals surface area contributed by atoms with Crippen molar-refractivity contribution in [2.45, 2.75) is 38.5 Å². The zero-order chi connectivity index (χ0) is 16.2. The summed E-state index contributed by atoms with van der Waals surface area (Å²) in [6.07, 6.45) is -2.13. The fraction of sp³-hybridized carbons (Fsp3) is 0.562. The van der Waals surface area contributed by atoms with Crippen molar-refractivity contribution in [3.05, 3.63) is 35.9 Å². The van der Waals surface area contributed by atoms with Crippen molar-refractivity contribution >= 4 is 5.91 Å². The maximum Gasteiger partial charge on any atom is 0.405 e. The molecule has 1 N–H and O–H groups in total. The van der Waals surface area contributed by atoms with Gasteiger partial charge >= 0.3 is 6.18 Å². The van der Waals surface area contributed by atoms with E-state index in [1.165, 1.54) is 0 Å². The Morgan fingerprint density at radius 3 is 2.50 bits per heavy atom. The monoisotopic (exact) mass is 314 g/mol. The molecule has 22 heavy (non-hydrogen) atoms. The third kappa shape index (κ3) is 5.67. The van der Waals surface area contributed by atoms with Gasteiger partial charge in [-0.3, -0.25) is 9.69 Å². The van der Waals surface area contributed by atoms with Crippen molar-refractivity contribution in [1.82, 2.24) is 10.2 Å². The molecule has 1 aromatic carbocycles. The van der Waals surface area contributed by atoms with Gasteiger partial charge < -0.3 is 5.32 Å². The highest BCUT2D eigenvalue weighted by atomic mass is 19.4. The fourth-order valence-electron chi connectivity index (χ4n) is 2.48. The second kappa shape index (κ2) is 7.13. The van der Waals surface area contributed by atoms with Gasteiger partial charge in [0.2, 0.25) is 5.91 Å². The van der Waals surface area contributed by atoms with Gasteiger partial charge in [0.05, 0.1) is 6.54 Å². The predicted molar refractivity (Wildman–Crippen MR) is 78.1 cm³/mol. The molecule has 122 valence electrons. The lowest BCUT2D eigenvalue weighted by atomic mass is 10.1. The van der Waals surface area contributed by atoms with Crippen LogP contribution in [0.1, 0.15) is 25.3 Å².